The number of carbonyl (C=O) groups is 1. The number of aromatic nitrogens is 2. The van der Waals surface area contributed by atoms with Gasteiger partial charge in [0.1, 0.15) is 5.69 Å². The Morgan fingerprint density at radius 1 is 1.15 bits per heavy atom. The van der Waals surface area contributed by atoms with Gasteiger partial charge in [-0.05, 0) is 29.8 Å². The van der Waals surface area contributed by atoms with Crippen molar-refractivity contribution in [3.05, 3.63) is 88.5 Å². The lowest BCUT2D eigenvalue weighted by atomic mass is 10.2. The molecule has 0 unspecified atom stereocenters. The molecule has 0 aliphatic heterocycles. The van der Waals surface area contributed by atoms with E-state index in [2.05, 4.69) is 26.2 Å². The van der Waals surface area contributed by atoms with Crippen molar-refractivity contribution >= 4 is 32.9 Å². The van der Waals surface area contributed by atoms with Crippen molar-refractivity contribution in [2.45, 2.75) is 13.0 Å². The third-order valence-electron chi connectivity index (χ3n) is 4.40. The average molecular weight is 424 g/mol. The summed E-state index contributed by atoms with van der Waals surface area (Å²) in [6.07, 6.45) is 4.09. The summed E-state index contributed by atoms with van der Waals surface area (Å²) in [7, 11) is 0. The topological polar surface area (TPSA) is 60.1 Å². The molecule has 3 heterocycles. The molecule has 0 radical (unpaired) electrons. The second-order valence-corrected chi connectivity index (χ2v) is 7.15. The number of halogens is 1. The van der Waals surface area contributed by atoms with E-state index in [1.165, 1.54) is 0 Å². The van der Waals surface area contributed by atoms with E-state index < -0.39 is 0 Å². The maximum atomic E-state index is 12.8. The zero-order valence-electron chi connectivity index (χ0n) is 14.6. The molecule has 6 heteroatoms. The van der Waals surface area contributed by atoms with Crippen molar-refractivity contribution in [2.75, 3.05) is 6.54 Å². The molecular weight excluding hydrogens is 406 g/mol. The third-order valence-corrected chi connectivity index (χ3v) is 4.93. The van der Waals surface area contributed by atoms with Gasteiger partial charge in [0.05, 0.1) is 11.8 Å². The number of rotatable bonds is 6. The summed E-state index contributed by atoms with van der Waals surface area (Å²) in [4.78, 5) is 17.0. The zero-order valence-corrected chi connectivity index (χ0v) is 16.1. The number of fused-ring (bicyclic) bond motifs is 1. The fourth-order valence-electron chi connectivity index (χ4n) is 3.05. The number of nitrogens with one attached hydrogen (secondary N) is 1. The van der Waals surface area contributed by atoms with Crippen LogP contribution >= 0.6 is 15.9 Å². The molecule has 1 aromatic carbocycles. The lowest BCUT2D eigenvalue weighted by Gasteiger charge is -2.11. The van der Waals surface area contributed by atoms with E-state index in [1.807, 2.05) is 53.1 Å². The van der Waals surface area contributed by atoms with Gasteiger partial charge in [0.25, 0.3) is 5.91 Å². The lowest BCUT2D eigenvalue weighted by Crippen LogP contribution is -2.28. The molecule has 0 spiro atoms. The van der Waals surface area contributed by atoms with E-state index in [0.717, 1.165) is 21.2 Å². The minimum atomic E-state index is -0.116. The lowest BCUT2D eigenvalue weighted by molar-refractivity contribution is 0.0945. The molecule has 0 atom stereocenters. The number of nitrogens with zero attached hydrogens (tertiary/aromatic N) is 2. The molecule has 1 N–H and O–H groups in total. The quantitative estimate of drug-likeness (QED) is 0.499. The Hall–Kier alpha value is -2.86. The van der Waals surface area contributed by atoms with Gasteiger partial charge in [-0.25, -0.2) is 0 Å². The van der Waals surface area contributed by atoms with Gasteiger partial charge in [-0.2, -0.15) is 0 Å². The maximum Gasteiger partial charge on any atom is 0.268 e. The van der Waals surface area contributed by atoms with Gasteiger partial charge in [-0.3, -0.25) is 9.78 Å². The SMILES string of the molecule is O=C(NCCc1ccccn1)c1cc2occc2n1Cc1ccc(Br)cc1. The Bertz CT molecular complexity index is 1050. The van der Waals surface area contributed by atoms with Crippen LogP contribution in [-0.4, -0.2) is 22.0 Å². The Morgan fingerprint density at radius 2 is 2.00 bits per heavy atom. The number of pyridine rings is 1. The Morgan fingerprint density at radius 3 is 2.78 bits per heavy atom. The summed E-state index contributed by atoms with van der Waals surface area (Å²) >= 11 is 3.45. The fraction of sp³-hybridized carbons (Fsp3) is 0.143. The van der Waals surface area contributed by atoms with Crippen LogP contribution in [0.3, 0.4) is 0 Å². The van der Waals surface area contributed by atoms with Gasteiger partial charge < -0.3 is 14.3 Å². The van der Waals surface area contributed by atoms with Crippen LogP contribution in [0.15, 0.2) is 75.9 Å². The normalized spacial score (nSPS) is 11.0. The zero-order chi connectivity index (χ0) is 18.6. The maximum absolute atomic E-state index is 12.8. The number of hydrogen-bond donors (Lipinski definition) is 1. The summed E-state index contributed by atoms with van der Waals surface area (Å²) in [6, 6.07) is 17.5. The van der Waals surface area contributed by atoms with Crippen LogP contribution in [0.2, 0.25) is 0 Å². The van der Waals surface area contributed by atoms with Crippen LogP contribution in [0, 0.1) is 0 Å². The van der Waals surface area contributed by atoms with Crippen LogP contribution in [0.5, 0.6) is 0 Å². The first-order valence-corrected chi connectivity index (χ1v) is 9.49. The Balaban J connectivity index is 1.52. The van der Waals surface area contributed by atoms with Crippen molar-refractivity contribution in [1.82, 2.24) is 14.9 Å². The highest BCUT2D eigenvalue weighted by Gasteiger charge is 2.17. The average Bonchev–Trinajstić information content (AvgIpc) is 3.27. The summed E-state index contributed by atoms with van der Waals surface area (Å²) in [6.45, 7) is 1.12. The van der Waals surface area contributed by atoms with Crippen molar-refractivity contribution < 1.29 is 9.21 Å². The van der Waals surface area contributed by atoms with Crippen molar-refractivity contribution in [1.29, 1.82) is 0 Å². The minimum Gasteiger partial charge on any atom is -0.463 e. The first-order chi connectivity index (χ1) is 13.2. The molecule has 4 aromatic rings. The van der Waals surface area contributed by atoms with Crippen molar-refractivity contribution in [3.8, 4) is 0 Å². The summed E-state index contributed by atoms with van der Waals surface area (Å²) in [5, 5.41) is 2.98. The molecule has 0 aliphatic rings. The molecule has 0 fully saturated rings. The van der Waals surface area contributed by atoms with Gasteiger partial charge in [-0.15, -0.1) is 0 Å². The number of amides is 1. The van der Waals surface area contributed by atoms with E-state index >= 15 is 0 Å². The molecule has 5 nitrogen and oxygen atoms in total. The Kier molecular flexibility index (Phi) is 5.07. The minimum absolute atomic E-state index is 0.116. The number of furan rings is 1. The highest BCUT2D eigenvalue weighted by molar-refractivity contribution is 9.10. The van der Waals surface area contributed by atoms with Gasteiger partial charge in [0.15, 0.2) is 5.58 Å². The molecule has 0 saturated carbocycles. The first kappa shape index (κ1) is 17.5. The highest BCUT2D eigenvalue weighted by Crippen LogP contribution is 2.23. The summed E-state index contributed by atoms with van der Waals surface area (Å²) < 4.78 is 8.51. The third kappa shape index (κ3) is 3.95. The highest BCUT2D eigenvalue weighted by atomic mass is 79.9. The molecule has 4 rings (SSSR count). The van der Waals surface area contributed by atoms with Crippen LogP contribution in [0.25, 0.3) is 11.1 Å². The molecule has 0 aliphatic carbocycles. The Labute approximate surface area is 165 Å². The predicted molar refractivity (Wildman–Crippen MR) is 108 cm³/mol. The second kappa shape index (κ2) is 7.80. The van der Waals surface area contributed by atoms with Crippen LogP contribution in [0.1, 0.15) is 21.7 Å². The van der Waals surface area contributed by atoms with E-state index in [4.69, 9.17) is 4.42 Å². The van der Waals surface area contributed by atoms with Gasteiger partial charge in [0.2, 0.25) is 0 Å². The monoisotopic (exact) mass is 423 g/mol. The number of benzene rings is 1. The van der Waals surface area contributed by atoms with Crippen LogP contribution in [-0.2, 0) is 13.0 Å². The largest absolute Gasteiger partial charge is 0.463 e. The van der Waals surface area contributed by atoms with E-state index in [9.17, 15) is 4.79 Å². The fourth-order valence-corrected chi connectivity index (χ4v) is 3.31. The van der Waals surface area contributed by atoms with E-state index in [0.29, 0.717) is 30.8 Å². The molecule has 3 aromatic heterocycles. The molecular formula is C21H18BrN3O2. The van der Waals surface area contributed by atoms with Gasteiger partial charge in [0, 0.05) is 48.0 Å². The number of hydrogen-bond acceptors (Lipinski definition) is 3. The van der Waals surface area contributed by atoms with Crippen LogP contribution in [0.4, 0.5) is 0 Å². The van der Waals surface area contributed by atoms with E-state index in [-0.39, 0.29) is 5.91 Å². The standard InChI is InChI=1S/C21H18BrN3O2/c22-16-6-4-15(5-7-16)14-25-18-9-12-27-20(18)13-19(25)21(26)24-11-8-17-3-1-2-10-23-17/h1-7,9-10,12-13H,8,11,14H2,(H,24,26). The molecule has 1 amide bonds. The van der Waals surface area contributed by atoms with Crippen molar-refractivity contribution in [2.24, 2.45) is 0 Å². The first-order valence-electron chi connectivity index (χ1n) is 8.70. The summed E-state index contributed by atoms with van der Waals surface area (Å²) in [5.74, 6) is -0.116. The molecule has 0 bridgehead atoms. The molecule has 27 heavy (non-hydrogen) atoms. The van der Waals surface area contributed by atoms with Crippen molar-refractivity contribution in [3.63, 3.8) is 0 Å². The predicted octanol–water partition coefficient (Wildman–Crippen LogP) is 4.41. The van der Waals surface area contributed by atoms with Crippen LogP contribution < -0.4 is 5.32 Å². The molecule has 136 valence electrons. The van der Waals surface area contributed by atoms with Gasteiger partial charge >= 0.3 is 0 Å². The van der Waals surface area contributed by atoms with E-state index in [1.54, 1.807) is 18.5 Å². The molecule has 0 saturated heterocycles. The van der Waals surface area contributed by atoms with Gasteiger partial charge in [-0.1, -0.05) is 34.1 Å². The number of carbonyl (C=O) groups excluding carboxylic acids is 1. The summed E-state index contributed by atoms with van der Waals surface area (Å²) in [5.41, 5.74) is 4.28. The smallest absolute Gasteiger partial charge is 0.268 e. The second-order valence-electron chi connectivity index (χ2n) is 6.24.